The van der Waals surface area contributed by atoms with Crippen LogP contribution in [0.15, 0.2) is 53.4 Å². The number of thiazole rings is 1. The number of benzene rings is 2. The van der Waals surface area contributed by atoms with Crippen LogP contribution >= 0.6 is 27.3 Å². The molecule has 1 fully saturated rings. The average molecular weight is 586 g/mol. The van der Waals surface area contributed by atoms with Crippen molar-refractivity contribution in [3.05, 3.63) is 70.0 Å². The van der Waals surface area contributed by atoms with Gasteiger partial charge < -0.3 is 14.9 Å². The van der Waals surface area contributed by atoms with Gasteiger partial charge in [0.25, 0.3) is 0 Å². The Morgan fingerprint density at radius 1 is 1.22 bits per heavy atom. The summed E-state index contributed by atoms with van der Waals surface area (Å²) >= 11 is 4.75. The molecule has 1 saturated heterocycles. The van der Waals surface area contributed by atoms with Gasteiger partial charge in [-0.25, -0.2) is 14.1 Å². The molecule has 190 valence electrons. The van der Waals surface area contributed by atoms with Crippen molar-refractivity contribution in [1.29, 1.82) is 0 Å². The number of nitrogens with zero attached hydrogens (tertiary/aromatic N) is 7. The van der Waals surface area contributed by atoms with Gasteiger partial charge in [0.15, 0.2) is 5.82 Å². The zero-order valence-electron chi connectivity index (χ0n) is 19.4. The van der Waals surface area contributed by atoms with Gasteiger partial charge in [0.2, 0.25) is 0 Å². The molecule has 0 saturated carbocycles. The normalized spacial score (nSPS) is 22.1. The van der Waals surface area contributed by atoms with Crippen molar-refractivity contribution in [3.8, 4) is 16.9 Å². The number of aromatic nitrogens is 7. The molecule has 0 aliphatic carbocycles. The molecule has 4 unspecified atom stereocenters. The van der Waals surface area contributed by atoms with Crippen LogP contribution in [0.2, 0.25) is 0 Å². The van der Waals surface area contributed by atoms with Crippen molar-refractivity contribution in [2.75, 3.05) is 6.61 Å². The number of aryl methyl sites for hydroxylation is 1. The highest BCUT2D eigenvalue weighted by Crippen LogP contribution is 2.38. The molecular weight excluding hydrogens is 565 g/mol. The van der Waals surface area contributed by atoms with Crippen molar-refractivity contribution >= 4 is 37.5 Å². The lowest BCUT2D eigenvalue weighted by atomic mass is 9.95. The summed E-state index contributed by atoms with van der Waals surface area (Å²) < 4.78 is 24.9. The summed E-state index contributed by atoms with van der Waals surface area (Å²) in [7, 11) is 0. The third-order valence-corrected chi connectivity index (χ3v) is 8.01. The molecule has 1 aliphatic rings. The quantitative estimate of drug-likeness (QED) is 0.319. The molecule has 37 heavy (non-hydrogen) atoms. The van der Waals surface area contributed by atoms with E-state index in [-0.39, 0.29) is 0 Å². The van der Waals surface area contributed by atoms with Crippen molar-refractivity contribution in [2.45, 2.75) is 37.7 Å². The molecule has 13 heteroatoms. The number of hydrogen-bond donors (Lipinski definition) is 2. The van der Waals surface area contributed by atoms with E-state index in [1.807, 2.05) is 29.7 Å². The van der Waals surface area contributed by atoms with Crippen molar-refractivity contribution in [3.63, 3.8) is 0 Å². The highest BCUT2D eigenvalue weighted by molar-refractivity contribution is 9.10. The molecule has 10 nitrogen and oxygen atoms in total. The molecule has 5 aromatic rings. The van der Waals surface area contributed by atoms with E-state index in [0.29, 0.717) is 28.0 Å². The molecule has 0 bridgehead atoms. The Morgan fingerprint density at radius 3 is 2.89 bits per heavy atom. The van der Waals surface area contributed by atoms with Crippen LogP contribution in [0, 0.1) is 12.7 Å². The van der Waals surface area contributed by atoms with E-state index in [9.17, 15) is 14.6 Å². The number of hydrogen-bond acceptors (Lipinski definition) is 9. The van der Waals surface area contributed by atoms with E-state index in [1.54, 1.807) is 36.0 Å². The second-order valence-electron chi connectivity index (χ2n) is 8.80. The van der Waals surface area contributed by atoms with Crippen LogP contribution < -0.4 is 0 Å². The van der Waals surface area contributed by atoms with E-state index in [2.05, 4.69) is 41.4 Å². The molecule has 0 radical (unpaired) electrons. The van der Waals surface area contributed by atoms with Gasteiger partial charge in [-0.3, -0.25) is 4.57 Å². The lowest BCUT2D eigenvalue weighted by Crippen LogP contribution is -2.45. The Hall–Kier alpha value is -3.10. The second-order valence-corrected chi connectivity index (χ2v) is 10.9. The van der Waals surface area contributed by atoms with Crippen LogP contribution in [-0.2, 0) is 4.74 Å². The number of ether oxygens (including phenoxy) is 1. The van der Waals surface area contributed by atoms with E-state index >= 15 is 0 Å². The average Bonchev–Trinajstić information content (AvgIpc) is 3.64. The number of fused-ring (bicyclic) bond motifs is 1. The smallest absolute Gasteiger partial charge is 0.166 e. The molecule has 4 heterocycles. The van der Waals surface area contributed by atoms with Gasteiger partial charge in [-0.15, -0.1) is 26.6 Å². The van der Waals surface area contributed by atoms with Gasteiger partial charge in [0, 0.05) is 17.7 Å². The molecule has 6 rings (SSSR count). The zero-order valence-corrected chi connectivity index (χ0v) is 21.8. The summed E-state index contributed by atoms with van der Waals surface area (Å²) in [4.78, 5) is 4.51. The summed E-state index contributed by atoms with van der Waals surface area (Å²) in [6, 6.07) is 10.0. The van der Waals surface area contributed by atoms with Gasteiger partial charge in [-0.05, 0) is 53.2 Å². The Labute approximate surface area is 222 Å². The monoisotopic (exact) mass is 585 g/mol. The summed E-state index contributed by atoms with van der Waals surface area (Å²) in [5.41, 5.74) is 2.78. The first-order valence-electron chi connectivity index (χ1n) is 11.5. The summed E-state index contributed by atoms with van der Waals surface area (Å²) in [5.74, 6) is 0.121. The first-order valence-corrected chi connectivity index (χ1v) is 13.1. The number of aliphatic hydroxyl groups excluding tert-OH is 2. The fourth-order valence-electron chi connectivity index (χ4n) is 4.60. The molecule has 2 N–H and O–H groups in total. The Bertz CT molecular complexity index is 1590. The van der Waals surface area contributed by atoms with Gasteiger partial charge >= 0.3 is 0 Å². The minimum Gasteiger partial charge on any atom is -0.394 e. The minimum atomic E-state index is -1.05. The van der Waals surface area contributed by atoms with Gasteiger partial charge in [-0.2, -0.15) is 0 Å². The third kappa shape index (κ3) is 4.46. The largest absolute Gasteiger partial charge is 0.394 e. The predicted octanol–water partition coefficient (Wildman–Crippen LogP) is 3.77. The second kappa shape index (κ2) is 9.65. The molecular formula is C24H21BrFN7O3S. The Morgan fingerprint density at radius 2 is 2.08 bits per heavy atom. The molecule has 1 aliphatic heterocycles. The lowest BCUT2D eigenvalue weighted by Gasteiger charge is -2.38. The van der Waals surface area contributed by atoms with Crippen LogP contribution in [0.3, 0.4) is 0 Å². The van der Waals surface area contributed by atoms with E-state index in [1.165, 1.54) is 10.7 Å². The first kappa shape index (κ1) is 24.2. The fraction of sp³-hybridized carbons (Fsp3) is 0.292. The zero-order chi connectivity index (χ0) is 25.7. The van der Waals surface area contributed by atoms with Crippen molar-refractivity contribution in [1.82, 2.24) is 34.7 Å². The Balaban J connectivity index is 1.32. The number of rotatable bonds is 5. The molecule has 0 spiro atoms. The maximum atomic E-state index is 14.1. The van der Waals surface area contributed by atoms with E-state index < -0.39 is 36.8 Å². The topological polar surface area (TPSA) is 124 Å². The summed E-state index contributed by atoms with van der Waals surface area (Å²) in [5, 5.41) is 38.7. The van der Waals surface area contributed by atoms with Crippen molar-refractivity contribution in [2.24, 2.45) is 0 Å². The Kier molecular flexibility index (Phi) is 6.32. The molecule has 0 amide bonds. The minimum absolute atomic E-state index is 0.301. The molecule has 2 aromatic carbocycles. The SMILES string of the molecule is Cc1nc2ccc(-n3cnnc3C3CC(n4cc(-c5ccc(Br)c(F)c5)nn4)C(O)C(CO)O3)cc2s1. The number of aliphatic hydroxyl groups is 2. The highest BCUT2D eigenvalue weighted by atomic mass is 79.9. The van der Waals surface area contributed by atoms with E-state index in [4.69, 9.17) is 4.74 Å². The van der Waals surface area contributed by atoms with Crippen molar-refractivity contribution < 1.29 is 19.3 Å². The summed E-state index contributed by atoms with van der Waals surface area (Å²) in [6.45, 7) is 1.57. The van der Waals surface area contributed by atoms with Gasteiger partial charge in [-0.1, -0.05) is 11.3 Å². The molecule has 3 aromatic heterocycles. The predicted molar refractivity (Wildman–Crippen MR) is 137 cm³/mol. The van der Waals surface area contributed by atoms with Crippen LogP contribution in [0.25, 0.3) is 27.2 Å². The van der Waals surface area contributed by atoms with Gasteiger partial charge in [0.1, 0.15) is 36.2 Å². The third-order valence-electron chi connectivity index (χ3n) is 6.43. The maximum absolute atomic E-state index is 14.1. The fourth-order valence-corrected chi connectivity index (χ4v) is 5.71. The van der Waals surface area contributed by atoms with Gasteiger partial charge in [0.05, 0.1) is 38.5 Å². The highest BCUT2D eigenvalue weighted by Gasteiger charge is 2.41. The molecule has 4 atom stereocenters. The van der Waals surface area contributed by atoms with Crippen LogP contribution in [-0.4, -0.2) is 63.8 Å². The standard InChI is InChI=1S/C24H21BrFN7O3S/c1-12-28-17-5-3-14(7-22(17)37-12)32-11-27-30-24(32)20-8-19(23(35)21(10-34)36-20)33-9-18(29-31-33)13-2-4-15(25)16(26)6-13/h2-7,9,11,19-21,23,34-35H,8,10H2,1H3. The van der Waals surface area contributed by atoms with Crippen LogP contribution in [0.1, 0.15) is 29.4 Å². The first-order chi connectivity index (χ1) is 17.9. The van der Waals surface area contributed by atoms with Crippen LogP contribution in [0.4, 0.5) is 4.39 Å². The van der Waals surface area contributed by atoms with Crippen LogP contribution in [0.5, 0.6) is 0 Å². The maximum Gasteiger partial charge on any atom is 0.166 e. The number of halogens is 2. The lowest BCUT2D eigenvalue weighted by molar-refractivity contribution is -0.161. The van der Waals surface area contributed by atoms with E-state index in [0.717, 1.165) is 20.9 Å². The summed E-state index contributed by atoms with van der Waals surface area (Å²) in [6.07, 6.45) is 1.04.